The summed E-state index contributed by atoms with van der Waals surface area (Å²) in [6.07, 6.45) is 4.71. The number of fused-ring (bicyclic) bond motifs is 1. The Morgan fingerprint density at radius 2 is 1.95 bits per heavy atom. The maximum atomic E-state index is 14.1. The first-order valence-corrected chi connectivity index (χ1v) is 20.9. The number of hydrogen-bond donors (Lipinski definition) is 3. The molecule has 0 saturated carbocycles. The van der Waals surface area contributed by atoms with E-state index in [0.717, 1.165) is 71.1 Å². The van der Waals surface area contributed by atoms with Gasteiger partial charge in [0.25, 0.3) is 5.91 Å². The van der Waals surface area contributed by atoms with Gasteiger partial charge in [0.15, 0.2) is 0 Å². The molecule has 55 heavy (non-hydrogen) atoms. The minimum atomic E-state index is -0.723. The third-order valence-electron chi connectivity index (χ3n) is 11.5. The van der Waals surface area contributed by atoms with Crippen molar-refractivity contribution in [3.8, 4) is 22.5 Å². The number of nitrogens with one attached hydrogen (secondary N) is 3. The smallest absolute Gasteiger partial charge is 0.259 e. The van der Waals surface area contributed by atoms with Crippen molar-refractivity contribution >= 4 is 34.1 Å². The van der Waals surface area contributed by atoms with Crippen LogP contribution in [0.2, 0.25) is 0 Å². The number of pyridine rings is 1. The number of ether oxygens (including phenoxy) is 2. The van der Waals surface area contributed by atoms with Gasteiger partial charge in [-0.3, -0.25) is 19.6 Å². The number of methoxy groups -OCH3 is 2. The predicted octanol–water partition coefficient (Wildman–Crippen LogP) is 6.80. The second-order valence-corrected chi connectivity index (χ2v) is 17.6. The monoisotopic (exact) mass is 771 g/mol. The highest BCUT2D eigenvalue weighted by Gasteiger charge is 2.38. The lowest BCUT2D eigenvalue weighted by atomic mass is 9.84. The van der Waals surface area contributed by atoms with Gasteiger partial charge in [-0.05, 0) is 93.7 Å². The summed E-state index contributed by atoms with van der Waals surface area (Å²) in [5.41, 5.74) is 10.6. The second-order valence-electron chi connectivity index (χ2n) is 16.6. The largest absolute Gasteiger partial charge is 0.384 e. The van der Waals surface area contributed by atoms with Crippen LogP contribution in [0, 0.1) is 23.2 Å². The Labute approximate surface area is 330 Å². The van der Waals surface area contributed by atoms with Gasteiger partial charge in [-0.2, -0.15) is 0 Å². The third-order valence-corrected chi connectivity index (χ3v) is 12.3. The molecule has 0 radical (unpaired) electrons. The Morgan fingerprint density at radius 3 is 2.65 bits per heavy atom. The van der Waals surface area contributed by atoms with Crippen molar-refractivity contribution in [1.82, 2.24) is 35.6 Å². The van der Waals surface area contributed by atoms with E-state index in [4.69, 9.17) is 19.4 Å². The summed E-state index contributed by atoms with van der Waals surface area (Å²) in [4.78, 5) is 37.8. The molecule has 0 unspecified atom stereocenters. The Hall–Kier alpha value is -3.68. The third kappa shape index (κ3) is 8.99. The van der Waals surface area contributed by atoms with Gasteiger partial charge in [-0.1, -0.05) is 33.8 Å². The van der Waals surface area contributed by atoms with Crippen molar-refractivity contribution in [3.63, 3.8) is 0 Å². The molecule has 298 valence electrons. The van der Waals surface area contributed by atoms with Crippen LogP contribution >= 0.6 is 11.3 Å². The summed E-state index contributed by atoms with van der Waals surface area (Å²) in [6.45, 7) is 18.6. The van der Waals surface area contributed by atoms with Gasteiger partial charge in [-0.25, -0.2) is 10.4 Å². The Bertz CT molecular complexity index is 1950. The second kappa shape index (κ2) is 17.6. The van der Waals surface area contributed by atoms with Crippen LogP contribution in [0.25, 0.3) is 33.4 Å². The molecule has 2 amide bonds. The average molecular weight is 772 g/mol. The fourth-order valence-electron chi connectivity index (χ4n) is 8.56. The van der Waals surface area contributed by atoms with Crippen molar-refractivity contribution < 1.29 is 19.1 Å². The maximum absolute atomic E-state index is 14.1. The van der Waals surface area contributed by atoms with Crippen molar-refractivity contribution in [2.75, 3.05) is 40.5 Å². The Morgan fingerprint density at radius 1 is 1.15 bits per heavy atom. The lowest BCUT2D eigenvalue weighted by Gasteiger charge is -2.35. The number of aryl methyl sites for hydroxylation is 1. The number of amides is 2. The normalized spacial score (nSPS) is 20.3. The van der Waals surface area contributed by atoms with E-state index in [1.165, 1.54) is 22.3 Å². The van der Waals surface area contributed by atoms with Crippen LogP contribution < -0.4 is 16.1 Å². The molecule has 5 heterocycles. The first-order valence-electron chi connectivity index (χ1n) is 20.0. The lowest BCUT2D eigenvalue weighted by Crippen LogP contribution is -2.58. The quantitative estimate of drug-likeness (QED) is 0.121. The van der Waals surface area contributed by atoms with E-state index >= 15 is 0 Å². The van der Waals surface area contributed by atoms with Crippen LogP contribution in [0.15, 0.2) is 41.9 Å². The number of rotatable bonds is 15. The molecule has 0 aliphatic carbocycles. The summed E-state index contributed by atoms with van der Waals surface area (Å²) >= 11 is 1.54. The van der Waals surface area contributed by atoms with E-state index in [1.807, 2.05) is 19.2 Å². The van der Waals surface area contributed by atoms with Crippen LogP contribution in [0.1, 0.15) is 83.7 Å². The number of hydrazine groups is 1. The van der Waals surface area contributed by atoms with Crippen LogP contribution in [-0.2, 0) is 38.4 Å². The molecular weight excluding hydrogens is 711 g/mol. The molecule has 1 aromatic carbocycles. The lowest BCUT2D eigenvalue weighted by molar-refractivity contribution is -0.142. The van der Waals surface area contributed by atoms with Gasteiger partial charge in [-0.15, -0.1) is 11.3 Å². The highest BCUT2D eigenvalue weighted by molar-refractivity contribution is 7.10. The molecule has 4 aromatic rings. The maximum Gasteiger partial charge on any atom is 0.259 e. The zero-order chi connectivity index (χ0) is 39.4. The zero-order valence-corrected chi connectivity index (χ0v) is 35.0. The van der Waals surface area contributed by atoms with Gasteiger partial charge >= 0.3 is 0 Å². The summed E-state index contributed by atoms with van der Waals surface area (Å²) in [6, 6.07) is 10.2. The highest BCUT2D eigenvalue weighted by Crippen LogP contribution is 2.42. The molecule has 0 bridgehead atoms. The van der Waals surface area contributed by atoms with Crippen molar-refractivity contribution in [3.05, 3.63) is 58.2 Å². The van der Waals surface area contributed by atoms with E-state index in [-0.39, 0.29) is 41.2 Å². The number of nitrogens with zero attached hydrogens (tertiary/aromatic N) is 4. The fourth-order valence-corrected chi connectivity index (χ4v) is 9.41. The Kier molecular flexibility index (Phi) is 13.1. The fraction of sp³-hybridized carbons (Fsp3) is 0.581. The van der Waals surface area contributed by atoms with Gasteiger partial charge < -0.3 is 24.7 Å². The summed E-state index contributed by atoms with van der Waals surface area (Å²) in [5, 5.41) is 12.3. The van der Waals surface area contributed by atoms with Crippen LogP contribution in [0.3, 0.4) is 0 Å². The van der Waals surface area contributed by atoms with Gasteiger partial charge in [0.1, 0.15) is 6.04 Å². The molecule has 5 atom stereocenters. The molecule has 0 spiro atoms. The molecule has 11 nitrogen and oxygen atoms in total. The molecule has 3 N–H and O–H groups in total. The molecule has 6 rings (SSSR count). The van der Waals surface area contributed by atoms with Crippen molar-refractivity contribution in [1.29, 1.82) is 0 Å². The van der Waals surface area contributed by atoms with Crippen LogP contribution in [0.5, 0.6) is 0 Å². The minimum absolute atomic E-state index is 0.0637. The van der Waals surface area contributed by atoms with Gasteiger partial charge in [0.05, 0.1) is 40.7 Å². The van der Waals surface area contributed by atoms with Gasteiger partial charge in [0, 0.05) is 79.9 Å². The van der Waals surface area contributed by atoms with E-state index in [1.54, 1.807) is 19.2 Å². The number of benzene rings is 1. The average Bonchev–Trinajstić information content (AvgIpc) is 3.92. The predicted molar refractivity (Wildman–Crippen MR) is 221 cm³/mol. The SMILES string of the molecule is CCn1c(-c2cccnc2[C@H](C)OC)c(CC(C)(C)COC)c2cc(-c3csc(C[C@H](NC(=O)[C@@H]4CNC[C@H]4C(C)C)C(=O)N4CCC[C@@H](C)N4)n3)ccc21. The number of carbonyl (C=O) groups is 2. The summed E-state index contributed by atoms with van der Waals surface area (Å²) in [7, 11) is 3.48. The van der Waals surface area contributed by atoms with Crippen molar-refractivity contribution in [2.24, 2.45) is 23.2 Å². The highest BCUT2D eigenvalue weighted by atomic mass is 32.1. The number of hydrogen-bond acceptors (Lipinski definition) is 9. The molecule has 2 aliphatic rings. The molecule has 2 saturated heterocycles. The van der Waals surface area contributed by atoms with Crippen LogP contribution in [-0.4, -0.2) is 83.9 Å². The van der Waals surface area contributed by atoms with E-state index in [2.05, 4.69) is 91.8 Å². The van der Waals surface area contributed by atoms with Crippen LogP contribution in [0.4, 0.5) is 0 Å². The first-order chi connectivity index (χ1) is 26.3. The van der Waals surface area contributed by atoms with E-state index in [9.17, 15) is 9.59 Å². The minimum Gasteiger partial charge on any atom is -0.384 e. The standard InChI is InChI=1S/C43H61N7O4S/c1-10-49-37-16-15-29(19-31(37)32(21-43(6,7)25-53-8)40(49)30-14-11-17-45-39(30)28(5)54-9)36-24-55-38(46-36)20-35(42(52)50-18-12-13-27(4)48-50)47-41(51)34-23-44-22-33(34)26(2)3/h11,14-17,19,24,26-28,33-35,44,48H,10,12-13,18,20-23,25H2,1-9H3,(H,47,51)/t27-,28+,33+,34-,35+/m1/s1. The van der Waals surface area contributed by atoms with E-state index in [0.29, 0.717) is 32.0 Å². The van der Waals surface area contributed by atoms with Crippen molar-refractivity contribution in [2.45, 2.75) is 98.9 Å². The number of carbonyl (C=O) groups excluding carboxylic acids is 2. The molecule has 2 aliphatic heterocycles. The molecule has 2 fully saturated rings. The summed E-state index contributed by atoms with van der Waals surface area (Å²) in [5.74, 6) is 0.239. The number of aromatic nitrogens is 3. The topological polar surface area (TPSA) is 123 Å². The zero-order valence-electron chi connectivity index (χ0n) is 34.2. The molecule has 3 aromatic heterocycles. The molecule has 12 heteroatoms. The number of thiazole rings is 1. The molecular formula is C43H61N7O4S. The first kappa shape index (κ1) is 41.0. The Balaban J connectivity index is 1.37. The van der Waals surface area contributed by atoms with E-state index < -0.39 is 6.04 Å². The summed E-state index contributed by atoms with van der Waals surface area (Å²) < 4.78 is 13.9. The van der Waals surface area contributed by atoms with Gasteiger partial charge in [0.2, 0.25) is 5.91 Å².